The molecular formula is C18H18FN5O2. The van der Waals surface area contributed by atoms with E-state index in [2.05, 4.69) is 15.2 Å². The predicted octanol–water partition coefficient (Wildman–Crippen LogP) is 2.67. The van der Waals surface area contributed by atoms with Crippen LogP contribution in [0.4, 0.5) is 10.4 Å². The SMILES string of the molecule is Cc1nc2cc(F)ccc2cc1C(=O)N1CCC(c2nnc(N)o2)CC1. The van der Waals surface area contributed by atoms with Crippen molar-refractivity contribution in [2.24, 2.45) is 0 Å². The zero-order valence-electron chi connectivity index (χ0n) is 14.3. The molecule has 2 aromatic heterocycles. The molecule has 0 radical (unpaired) electrons. The molecule has 0 aliphatic carbocycles. The lowest BCUT2D eigenvalue weighted by Crippen LogP contribution is -2.38. The smallest absolute Gasteiger partial charge is 0.312 e. The first-order valence-electron chi connectivity index (χ1n) is 8.46. The van der Waals surface area contributed by atoms with Crippen LogP contribution in [0.1, 0.15) is 40.7 Å². The highest BCUT2D eigenvalue weighted by molar-refractivity contribution is 5.98. The van der Waals surface area contributed by atoms with Gasteiger partial charge in [-0.2, -0.15) is 0 Å². The fraction of sp³-hybridized carbons (Fsp3) is 0.333. The standard InChI is InChI=1S/C18H18FN5O2/c1-10-14(8-12-2-3-13(19)9-15(12)21-10)17(25)24-6-4-11(5-7-24)16-22-23-18(20)26-16/h2-3,8-9,11H,4-7H2,1H3,(H2,20,23). The quantitative estimate of drug-likeness (QED) is 0.759. The molecule has 1 fully saturated rings. The molecule has 2 N–H and O–H groups in total. The van der Waals surface area contributed by atoms with Gasteiger partial charge in [0.15, 0.2) is 0 Å². The summed E-state index contributed by atoms with van der Waals surface area (Å²) in [5, 5.41) is 8.37. The number of rotatable bonds is 2. The van der Waals surface area contributed by atoms with Gasteiger partial charge in [-0.1, -0.05) is 5.10 Å². The average Bonchev–Trinajstić information content (AvgIpc) is 3.07. The van der Waals surface area contributed by atoms with Gasteiger partial charge < -0.3 is 15.1 Å². The van der Waals surface area contributed by atoms with Crippen molar-refractivity contribution < 1.29 is 13.6 Å². The number of piperidine rings is 1. The summed E-state index contributed by atoms with van der Waals surface area (Å²) >= 11 is 0. The molecule has 134 valence electrons. The summed E-state index contributed by atoms with van der Waals surface area (Å²) in [6.07, 6.45) is 1.47. The fourth-order valence-corrected chi connectivity index (χ4v) is 3.36. The second-order valence-corrected chi connectivity index (χ2v) is 6.50. The maximum atomic E-state index is 13.4. The van der Waals surface area contributed by atoms with Crippen LogP contribution in [0, 0.1) is 12.7 Å². The van der Waals surface area contributed by atoms with Crippen molar-refractivity contribution in [2.75, 3.05) is 18.8 Å². The number of nitrogens with two attached hydrogens (primary N) is 1. The minimum atomic E-state index is -0.341. The number of carbonyl (C=O) groups excluding carboxylic acids is 1. The van der Waals surface area contributed by atoms with Crippen LogP contribution < -0.4 is 5.73 Å². The van der Waals surface area contributed by atoms with Gasteiger partial charge in [0.2, 0.25) is 5.89 Å². The fourth-order valence-electron chi connectivity index (χ4n) is 3.36. The molecule has 0 bridgehead atoms. The Hall–Kier alpha value is -3.03. The van der Waals surface area contributed by atoms with Crippen molar-refractivity contribution >= 4 is 22.8 Å². The summed E-state index contributed by atoms with van der Waals surface area (Å²) in [4.78, 5) is 19.1. The normalized spacial score (nSPS) is 15.5. The molecular weight excluding hydrogens is 337 g/mol. The van der Waals surface area contributed by atoms with Crippen LogP contribution >= 0.6 is 0 Å². The molecule has 7 nitrogen and oxygen atoms in total. The monoisotopic (exact) mass is 355 g/mol. The Kier molecular flexibility index (Phi) is 4.02. The molecule has 3 heterocycles. The number of nitrogens with zero attached hydrogens (tertiary/aromatic N) is 4. The lowest BCUT2D eigenvalue weighted by Gasteiger charge is -2.30. The summed E-state index contributed by atoms with van der Waals surface area (Å²) in [7, 11) is 0. The van der Waals surface area contributed by atoms with E-state index < -0.39 is 0 Å². The molecule has 1 saturated heterocycles. The summed E-state index contributed by atoms with van der Waals surface area (Å²) in [5.74, 6) is 0.236. The van der Waals surface area contributed by atoms with Crippen molar-refractivity contribution in [1.82, 2.24) is 20.1 Å². The third-order valence-corrected chi connectivity index (χ3v) is 4.79. The summed E-state index contributed by atoms with van der Waals surface area (Å²) in [5.41, 5.74) is 7.16. The Balaban J connectivity index is 1.52. The zero-order chi connectivity index (χ0) is 18.3. The van der Waals surface area contributed by atoms with Crippen LogP contribution in [0.5, 0.6) is 0 Å². The number of fused-ring (bicyclic) bond motifs is 1. The number of hydrogen-bond acceptors (Lipinski definition) is 6. The Morgan fingerprint density at radius 2 is 2.04 bits per heavy atom. The summed E-state index contributed by atoms with van der Waals surface area (Å²) in [6.45, 7) is 2.95. The largest absolute Gasteiger partial charge is 0.408 e. The van der Waals surface area contributed by atoms with E-state index in [1.807, 2.05) is 0 Å². The first-order chi connectivity index (χ1) is 12.5. The maximum absolute atomic E-state index is 13.4. The van der Waals surface area contributed by atoms with Gasteiger partial charge in [-0.25, -0.2) is 4.39 Å². The van der Waals surface area contributed by atoms with Crippen LogP contribution in [0.3, 0.4) is 0 Å². The van der Waals surface area contributed by atoms with E-state index in [-0.39, 0.29) is 23.7 Å². The number of amides is 1. The molecule has 0 unspecified atom stereocenters. The van der Waals surface area contributed by atoms with Gasteiger partial charge in [-0.05, 0) is 38.0 Å². The molecule has 0 saturated carbocycles. The van der Waals surface area contributed by atoms with Gasteiger partial charge in [-0.15, -0.1) is 5.10 Å². The van der Waals surface area contributed by atoms with E-state index >= 15 is 0 Å². The van der Waals surface area contributed by atoms with Crippen LogP contribution in [0.25, 0.3) is 10.9 Å². The van der Waals surface area contributed by atoms with Crippen molar-refractivity contribution in [2.45, 2.75) is 25.7 Å². The lowest BCUT2D eigenvalue weighted by atomic mass is 9.96. The molecule has 26 heavy (non-hydrogen) atoms. The molecule has 1 amide bonds. The minimum Gasteiger partial charge on any atom is -0.408 e. The van der Waals surface area contributed by atoms with Gasteiger partial charge in [-0.3, -0.25) is 9.78 Å². The van der Waals surface area contributed by atoms with E-state index in [4.69, 9.17) is 10.2 Å². The molecule has 1 aliphatic heterocycles. The van der Waals surface area contributed by atoms with E-state index in [1.165, 1.54) is 12.1 Å². The Bertz CT molecular complexity index is 979. The molecule has 3 aromatic rings. The molecule has 0 spiro atoms. The lowest BCUT2D eigenvalue weighted by molar-refractivity contribution is 0.0705. The van der Waals surface area contributed by atoms with Gasteiger partial charge >= 0.3 is 6.01 Å². The number of aryl methyl sites for hydroxylation is 1. The van der Waals surface area contributed by atoms with Crippen LogP contribution in [0.15, 0.2) is 28.7 Å². The Morgan fingerprint density at radius 1 is 1.27 bits per heavy atom. The van der Waals surface area contributed by atoms with Crippen LogP contribution in [-0.4, -0.2) is 39.1 Å². The molecule has 8 heteroatoms. The third-order valence-electron chi connectivity index (χ3n) is 4.79. The number of pyridine rings is 1. The minimum absolute atomic E-state index is 0.0628. The topological polar surface area (TPSA) is 98.1 Å². The molecule has 1 aromatic carbocycles. The second kappa shape index (κ2) is 6.36. The second-order valence-electron chi connectivity index (χ2n) is 6.50. The highest BCUT2D eigenvalue weighted by Gasteiger charge is 2.28. The van der Waals surface area contributed by atoms with E-state index in [9.17, 15) is 9.18 Å². The number of likely N-dealkylation sites (tertiary alicyclic amines) is 1. The number of nitrogen functional groups attached to an aromatic ring is 1. The van der Waals surface area contributed by atoms with Gasteiger partial charge in [0.1, 0.15) is 5.82 Å². The molecule has 1 aliphatic rings. The Morgan fingerprint density at radius 3 is 2.73 bits per heavy atom. The third kappa shape index (κ3) is 2.98. The summed E-state index contributed by atoms with van der Waals surface area (Å²) in [6, 6.07) is 6.23. The van der Waals surface area contributed by atoms with Crippen LogP contribution in [0.2, 0.25) is 0 Å². The van der Waals surface area contributed by atoms with Gasteiger partial charge in [0.05, 0.1) is 16.8 Å². The predicted molar refractivity (Wildman–Crippen MR) is 93.0 cm³/mol. The first kappa shape index (κ1) is 16.4. The van der Waals surface area contributed by atoms with Crippen molar-refractivity contribution in [1.29, 1.82) is 0 Å². The number of anilines is 1. The van der Waals surface area contributed by atoms with Crippen molar-refractivity contribution in [3.05, 3.63) is 47.2 Å². The van der Waals surface area contributed by atoms with Crippen molar-refractivity contribution in [3.63, 3.8) is 0 Å². The van der Waals surface area contributed by atoms with Gasteiger partial charge in [0.25, 0.3) is 5.91 Å². The number of carbonyl (C=O) groups is 1. The van der Waals surface area contributed by atoms with E-state index in [1.54, 1.807) is 24.0 Å². The summed E-state index contributed by atoms with van der Waals surface area (Å²) < 4.78 is 18.6. The first-order valence-corrected chi connectivity index (χ1v) is 8.46. The van der Waals surface area contributed by atoms with Gasteiger partial charge in [0, 0.05) is 30.5 Å². The molecule has 4 rings (SSSR count). The number of hydrogen-bond donors (Lipinski definition) is 1. The van der Waals surface area contributed by atoms with Crippen LogP contribution in [-0.2, 0) is 0 Å². The molecule has 0 atom stereocenters. The van der Waals surface area contributed by atoms with E-state index in [0.29, 0.717) is 35.8 Å². The van der Waals surface area contributed by atoms with E-state index in [0.717, 1.165) is 18.2 Å². The van der Waals surface area contributed by atoms with Crippen molar-refractivity contribution in [3.8, 4) is 0 Å². The number of benzene rings is 1. The average molecular weight is 355 g/mol. The maximum Gasteiger partial charge on any atom is 0.312 e. The number of halogens is 1. The highest BCUT2D eigenvalue weighted by atomic mass is 19.1. The highest BCUT2D eigenvalue weighted by Crippen LogP contribution is 2.28. The number of aromatic nitrogens is 3. The zero-order valence-corrected chi connectivity index (χ0v) is 14.3. The Labute approximate surface area is 149 Å².